The third kappa shape index (κ3) is 1.55. The Morgan fingerprint density at radius 3 is 2.83 bits per heavy atom. The molecule has 0 saturated carbocycles. The molecule has 3 nitrogen and oxygen atoms in total. The molecule has 1 aromatic carbocycles. The molecule has 0 spiro atoms. The van der Waals surface area contributed by atoms with Crippen LogP contribution in [0.2, 0.25) is 0 Å². The first-order valence-electron chi connectivity index (χ1n) is 3.59. The van der Waals surface area contributed by atoms with E-state index < -0.39 is 0 Å². The Kier molecular flexibility index (Phi) is 2.67. The van der Waals surface area contributed by atoms with Crippen molar-refractivity contribution in [1.82, 2.24) is 0 Å². The van der Waals surface area contributed by atoms with Crippen molar-refractivity contribution in [3.63, 3.8) is 0 Å². The van der Waals surface area contributed by atoms with E-state index in [2.05, 4.69) is 0 Å². The molecule has 0 aliphatic heterocycles. The lowest BCUT2D eigenvalue weighted by Crippen LogP contribution is -2.00. The van der Waals surface area contributed by atoms with Gasteiger partial charge in [-0.15, -0.1) is 0 Å². The maximum absolute atomic E-state index is 8.59. The first-order chi connectivity index (χ1) is 5.81. The average Bonchev–Trinajstić information content (AvgIpc) is 2.16. The van der Waals surface area contributed by atoms with Crippen molar-refractivity contribution in [2.24, 2.45) is 5.73 Å². The summed E-state index contributed by atoms with van der Waals surface area (Å²) < 4.78 is 5.05. The monoisotopic (exact) mass is 162 g/mol. The Morgan fingerprint density at radius 1 is 1.58 bits per heavy atom. The highest BCUT2D eigenvalue weighted by Gasteiger charge is 2.01. The van der Waals surface area contributed by atoms with Gasteiger partial charge >= 0.3 is 0 Å². The van der Waals surface area contributed by atoms with E-state index in [4.69, 9.17) is 15.7 Å². The molecule has 12 heavy (non-hydrogen) atoms. The molecule has 0 bridgehead atoms. The predicted octanol–water partition coefficient (Wildman–Crippen LogP) is 1.03. The van der Waals surface area contributed by atoms with Gasteiger partial charge in [0.25, 0.3) is 0 Å². The number of benzene rings is 1. The van der Waals surface area contributed by atoms with Crippen LogP contribution in [-0.2, 0) is 6.54 Å². The average molecular weight is 162 g/mol. The lowest BCUT2D eigenvalue weighted by Gasteiger charge is -2.05. The van der Waals surface area contributed by atoms with Crippen LogP contribution < -0.4 is 10.5 Å². The van der Waals surface area contributed by atoms with Gasteiger partial charge in [-0.05, 0) is 18.2 Å². The van der Waals surface area contributed by atoms with Gasteiger partial charge in [-0.3, -0.25) is 0 Å². The Labute approximate surface area is 71.4 Å². The second-order valence-corrected chi connectivity index (χ2v) is 2.34. The quantitative estimate of drug-likeness (QED) is 0.706. The van der Waals surface area contributed by atoms with Crippen LogP contribution in [-0.4, -0.2) is 7.11 Å². The van der Waals surface area contributed by atoms with Crippen molar-refractivity contribution < 1.29 is 4.74 Å². The summed E-state index contributed by atoms with van der Waals surface area (Å²) in [4.78, 5) is 0. The molecule has 0 aliphatic carbocycles. The number of nitriles is 1. The number of nitrogens with two attached hydrogens (primary N) is 1. The summed E-state index contributed by atoms with van der Waals surface area (Å²) >= 11 is 0. The van der Waals surface area contributed by atoms with Crippen molar-refractivity contribution in [2.75, 3.05) is 7.11 Å². The van der Waals surface area contributed by atoms with Crippen LogP contribution >= 0.6 is 0 Å². The standard InChI is InChI=1S/C9H10N2O/c1-12-9-3-2-7(5-10)4-8(9)6-11/h2-4H,6,11H2,1H3. The highest BCUT2D eigenvalue weighted by molar-refractivity contribution is 5.41. The van der Waals surface area contributed by atoms with Crippen LogP contribution in [0.15, 0.2) is 18.2 Å². The molecule has 3 heteroatoms. The molecule has 0 unspecified atom stereocenters. The van der Waals surface area contributed by atoms with Crippen molar-refractivity contribution in [2.45, 2.75) is 6.54 Å². The molecule has 0 fully saturated rings. The topological polar surface area (TPSA) is 59.0 Å². The Balaban J connectivity index is 3.13. The minimum absolute atomic E-state index is 0.388. The van der Waals surface area contributed by atoms with Crippen LogP contribution in [0.25, 0.3) is 0 Å². The molecular formula is C9H10N2O. The van der Waals surface area contributed by atoms with Crippen molar-refractivity contribution in [3.8, 4) is 11.8 Å². The fraction of sp³-hybridized carbons (Fsp3) is 0.222. The lowest BCUT2D eigenvalue weighted by molar-refractivity contribution is 0.410. The molecule has 1 aromatic rings. The molecule has 0 aromatic heterocycles. The van der Waals surface area contributed by atoms with Gasteiger partial charge in [0, 0.05) is 12.1 Å². The lowest BCUT2D eigenvalue weighted by atomic mass is 10.1. The van der Waals surface area contributed by atoms with Crippen molar-refractivity contribution >= 4 is 0 Å². The minimum Gasteiger partial charge on any atom is -0.496 e. The fourth-order valence-corrected chi connectivity index (χ4v) is 1.01. The van der Waals surface area contributed by atoms with Gasteiger partial charge in [-0.2, -0.15) is 5.26 Å². The minimum atomic E-state index is 0.388. The Bertz CT molecular complexity index is 315. The van der Waals surface area contributed by atoms with Crippen LogP contribution in [0.3, 0.4) is 0 Å². The van der Waals surface area contributed by atoms with E-state index in [9.17, 15) is 0 Å². The van der Waals surface area contributed by atoms with E-state index in [1.807, 2.05) is 6.07 Å². The van der Waals surface area contributed by atoms with Crippen molar-refractivity contribution in [3.05, 3.63) is 29.3 Å². The maximum atomic E-state index is 8.59. The zero-order valence-corrected chi connectivity index (χ0v) is 6.87. The molecule has 0 atom stereocenters. The van der Waals surface area contributed by atoms with E-state index in [0.717, 1.165) is 11.3 Å². The van der Waals surface area contributed by atoms with Gasteiger partial charge in [0.2, 0.25) is 0 Å². The van der Waals surface area contributed by atoms with E-state index in [1.54, 1.807) is 25.3 Å². The van der Waals surface area contributed by atoms with Crippen molar-refractivity contribution in [1.29, 1.82) is 5.26 Å². The number of rotatable bonds is 2. The van der Waals surface area contributed by atoms with Gasteiger partial charge in [-0.25, -0.2) is 0 Å². The second-order valence-electron chi connectivity index (χ2n) is 2.34. The molecular weight excluding hydrogens is 152 g/mol. The largest absolute Gasteiger partial charge is 0.496 e. The summed E-state index contributed by atoms with van der Waals surface area (Å²) in [6.07, 6.45) is 0. The number of hydrogen-bond acceptors (Lipinski definition) is 3. The summed E-state index contributed by atoms with van der Waals surface area (Å²) in [7, 11) is 1.58. The van der Waals surface area contributed by atoms with Gasteiger partial charge < -0.3 is 10.5 Å². The molecule has 1 rings (SSSR count). The van der Waals surface area contributed by atoms with Crippen LogP contribution in [0.1, 0.15) is 11.1 Å². The highest BCUT2D eigenvalue weighted by Crippen LogP contribution is 2.18. The molecule has 2 N–H and O–H groups in total. The smallest absolute Gasteiger partial charge is 0.123 e. The van der Waals surface area contributed by atoms with Gasteiger partial charge in [0.15, 0.2) is 0 Å². The zero-order valence-electron chi connectivity index (χ0n) is 6.87. The summed E-state index contributed by atoms with van der Waals surface area (Å²) in [5, 5.41) is 8.59. The SMILES string of the molecule is COc1ccc(C#N)cc1CN. The number of nitrogens with zero attached hydrogens (tertiary/aromatic N) is 1. The maximum Gasteiger partial charge on any atom is 0.123 e. The van der Waals surface area contributed by atoms with E-state index >= 15 is 0 Å². The van der Waals surface area contributed by atoms with Gasteiger partial charge in [-0.1, -0.05) is 0 Å². The first-order valence-corrected chi connectivity index (χ1v) is 3.59. The fourth-order valence-electron chi connectivity index (χ4n) is 1.01. The van der Waals surface area contributed by atoms with Gasteiger partial charge in [0.05, 0.1) is 18.7 Å². The van der Waals surface area contributed by atoms with E-state index in [0.29, 0.717) is 12.1 Å². The normalized spacial score (nSPS) is 9.08. The second kappa shape index (κ2) is 3.74. The molecule has 0 heterocycles. The summed E-state index contributed by atoms with van der Waals surface area (Å²) in [6.45, 7) is 0.388. The molecule has 0 amide bonds. The Hall–Kier alpha value is -1.53. The van der Waals surface area contributed by atoms with Crippen LogP contribution in [0, 0.1) is 11.3 Å². The number of ether oxygens (including phenoxy) is 1. The molecule has 62 valence electrons. The number of hydrogen-bond donors (Lipinski definition) is 1. The van der Waals surface area contributed by atoms with E-state index in [1.165, 1.54) is 0 Å². The summed E-state index contributed by atoms with van der Waals surface area (Å²) in [5.41, 5.74) is 6.93. The van der Waals surface area contributed by atoms with E-state index in [-0.39, 0.29) is 0 Å². The molecule has 0 saturated heterocycles. The molecule has 0 radical (unpaired) electrons. The third-order valence-corrected chi connectivity index (χ3v) is 1.63. The van der Waals surface area contributed by atoms with Crippen LogP contribution in [0.4, 0.5) is 0 Å². The Morgan fingerprint density at radius 2 is 2.33 bits per heavy atom. The van der Waals surface area contributed by atoms with Gasteiger partial charge in [0.1, 0.15) is 5.75 Å². The first kappa shape index (κ1) is 8.57. The molecule has 0 aliphatic rings. The highest BCUT2D eigenvalue weighted by atomic mass is 16.5. The summed E-state index contributed by atoms with van der Waals surface area (Å²) in [5.74, 6) is 0.733. The predicted molar refractivity (Wildman–Crippen MR) is 45.6 cm³/mol. The third-order valence-electron chi connectivity index (χ3n) is 1.63. The number of methoxy groups -OCH3 is 1. The van der Waals surface area contributed by atoms with Crippen LogP contribution in [0.5, 0.6) is 5.75 Å². The zero-order chi connectivity index (χ0) is 8.97. The summed E-state index contributed by atoms with van der Waals surface area (Å²) in [6, 6.07) is 7.23.